The number of carbonyl (C=O) groups is 1. The van der Waals surface area contributed by atoms with Crippen molar-refractivity contribution in [2.75, 3.05) is 11.9 Å². The summed E-state index contributed by atoms with van der Waals surface area (Å²) in [5, 5.41) is 15.0. The lowest BCUT2D eigenvalue weighted by Crippen LogP contribution is -2.29. The van der Waals surface area contributed by atoms with E-state index in [4.69, 9.17) is 0 Å². The zero-order chi connectivity index (χ0) is 16.8. The first-order valence-electron chi connectivity index (χ1n) is 9.07. The molecule has 0 bridgehead atoms. The SMILES string of the molecule is CCCCCCCCCCCCNC(=O)Nc1ccccc1O. The predicted octanol–water partition coefficient (Wildman–Crippen LogP) is 5.43. The largest absolute Gasteiger partial charge is 0.506 e. The zero-order valence-corrected chi connectivity index (χ0v) is 14.4. The molecular weight excluding hydrogens is 288 g/mol. The molecule has 23 heavy (non-hydrogen) atoms. The maximum Gasteiger partial charge on any atom is 0.319 e. The zero-order valence-electron chi connectivity index (χ0n) is 14.4. The highest BCUT2D eigenvalue weighted by Gasteiger charge is 2.04. The van der Waals surface area contributed by atoms with Crippen molar-refractivity contribution in [1.29, 1.82) is 0 Å². The van der Waals surface area contributed by atoms with Gasteiger partial charge in [0.25, 0.3) is 0 Å². The topological polar surface area (TPSA) is 61.4 Å². The van der Waals surface area contributed by atoms with Crippen molar-refractivity contribution in [2.24, 2.45) is 0 Å². The minimum absolute atomic E-state index is 0.0848. The maximum absolute atomic E-state index is 11.7. The molecule has 0 heterocycles. The monoisotopic (exact) mass is 320 g/mol. The third kappa shape index (κ3) is 9.82. The normalized spacial score (nSPS) is 10.5. The smallest absolute Gasteiger partial charge is 0.319 e. The van der Waals surface area contributed by atoms with Crippen molar-refractivity contribution in [3.05, 3.63) is 24.3 Å². The number of rotatable bonds is 12. The van der Waals surface area contributed by atoms with Gasteiger partial charge in [-0.3, -0.25) is 0 Å². The number of anilines is 1. The minimum Gasteiger partial charge on any atom is -0.506 e. The number of unbranched alkanes of at least 4 members (excludes halogenated alkanes) is 9. The van der Waals surface area contributed by atoms with E-state index in [1.165, 1.54) is 51.4 Å². The highest BCUT2D eigenvalue weighted by Crippen LogP contribution is 2.21. The first-order chi connectivity index (χ1) is 11.2. The van der Waals surface area contributed by atoms with Gasteiger partial charge >= 0.3 is 6.03 Å². The van der Waals surface area contributed by atoms with Crippen LogP contribution in [0.25, 0.3) is 0 Å². The van der Waals surface area contributed by atoms with E-state index in [0.717, 1.165) is 12.8 Å². The molecule has 0 fully saturated rings. The molecule has 0 saturated heterocycles. The van der Waals surface area contributed by atoms with Crippen LogP contribution in [-0.4, -0.2) is 17.7 Å². The molecule has 0 aromatic heterocycles. The second kappa shape index (κ2) is 12.8. The Balaban J connectivity index is 1.93. The van der Waals surface area contributed by atoms with Crippen LogP contribution >= 0.6 is 0 Å². The molecule has 0 aliphatic heterocycles. The summed E-state index contributed by atoms with van der Waals surface area (Å²) in [7, 11) is 0. The van der Waals surface area contributed by atoms with E-state index >= 15 is 0 Å². The van der Waals surface area contributed by atoms with Crippen LogP contribution in [0.5, 0.6) is 5.75 Å². The lowest BCUT2D eigenvalue weighted by Gasteiger charge is -2.08. The maximum atomic E-state index is 11.7. The van der Waals surface area contributed by atoms with E-state index in [-0.39, 0.29) is 11.8 Å². The quantitative estimate of drug-likeness (QED) is 0.355. The predicted molar refractivity (Wildman–Crippen MR) is 97.0 cm³/mol. The van der Waals surface area contributed by atoms with E-state index in [0.29, 0.717) is 12.2 Å². The Morgan fingerprint density at radius 3 is 2.09 bits per heavy atom. The Morgan fingerprint density at radius 2 is 1.48 bits per heavy atom. The molecule has 4 nitrogen and oxygen atoms in total. The number of carbonyl (C=O) groups excluding carboxylic acids is 1. The summed E-state index contributed by atoms with van der Waals surface area (Å²) in [6.07, 6.45) is 12.8. The van der Waals surface area contributed by atoms with Crippen molar-refractivity contribution in [2.45, 2.75) is 71.1 Å². The van der Waals surface area contributed by atoms with E-state index in [9.17, 15) is 9.90 Å². The second-order valence-electron chi connectivity index (χ2n) is 6.08. The molecule has 0 saturated carbocycles. The molecule has 0 aliphatic rings. The van der Waals surface area contributed by atoms with Gasteiger partial charge in [0.05, 0.1) is 5.69 Å². The molecular formula is C19H32N2O2. The average Bonchev–Trinajstić information content (AvgIpc) is 2.55. The highest BCUT2D eigenvalue weighted by molar-refractivity contribution is 5.90. The number of hydrogen-bond acceptors (Lipinski definition) is 2. The fraction of sp³-hybridized carbons (Fsp3) is 0.632. The molecule has 3 N–H and O–H groups in total. The molecule has 1 rings (SSSR count). The molecule has 4 heteroatoms. The van der Waals surface area contributed by atoms with Gasteiger partial charge in [-0.05, 0) is 18.6 Å². The van der Waals surface area contributed by atoms with Gasteiger partial charge in [0.1, 0.15) is 5.75 Å². The summed E-state index contributed by atoms with van der Waals surface area (Å²) in [6, 6.07) is 6.47. The van der Waals surface area contributed by atoms with Gasteiger partial charge in [0.15, 0.2) is 0 Å². The van der Waals surface area contributed by atoms with E-state index < -0.39 is 0 Å². The minimum atomic E-state index is -0.262. The van der Waals surface area contributed by atoms with Crippen molar-refractivity contribution >= 4 is 11.7 Å². The number of nitrogens with one attached hydrogen (secondary N) is 2. The molecule has 0 aliphatic carbocycles. The van der Waals surface area contributed by atoms with Gasteiger partial charge in [-0.15, -0.1) is 0 Å². The van der Waals surface area contributed by atoms with Gasteiger partial charge in [0, 0.05) is 6.54 Å². The Kier molecular flexibility index (Phi) is 10.8. The van der Waals surface area contributed by atoms with Crippen molar-refractivity contribution < 1.29 is 9.90 Å². The third-order valence-electron chi connectivity index (χ3n) is 3.97. The summed E-state index contributed by atoms with van der Waals surface area (Å²) in [6.45, 7) is 2.92. The number of urea groups is 1. The number of amides is 2. The summed E-state index contributed by atoms with van der Waals surface area (Å²) >= 11 is 0. The fourth-order valence-corrected chi connectivity index (χ4v) is 2.56. The number of para-hydroxylation sites is 2. The number of hydrogen-bond donors (Lipinski definition) is 3. The molecule has 0 atom stereocenters. The van der Waals surface area contributed by atoms with Crippen LogP contribution in [-0.2, 0) is 0 Å². The lowest BCUT2D eigenvalue weighted by molar-refractivity contribution is 0.251. The van der Waals surface area contributed by atoms with Crippen LogP contribution in [0.3, 0.4) is 0 Å². The van der Waals surface area contributed by atoms with Crippen LogP contribution < -0.4 is 10.6 Å². The summed E-state index contributed by atoms with van der Waals surface area (Å²) in [4.78, 5) is 11.7. The third-order valence-corrected chi connectivity index (χ3v) is 3.97. The lowest BCUT2D eigenvalue weighted by atomic mass is 10.1. The fourth-order valence-electron chi connectivity index (χ4n) is 2.56. The Labute approximate surface area is 140 Å². The van der Waals surface area contributed by atoms with Crippen molar-refractivity contribution in [3.63, 3.8) is 0 Å². The van der Waals surface area contributed by atoms with Crippen molar-refractivity contribution in [1.82, 2.24) is 5.32 Å². The van der Waals surface area contributed by atoms with Gasteiger partial charge in [-0.1, -0.05) is 76.8 Å². The molecule has 130 valence electrons. The van der Waals surface area contributed by atoms with E-state index in [2.05, 4.69) is 17.6 Å². The summed E-state index contributed by atoms with van der Waals surface area (Å²) in [5.41, 5.74) is 0.438. The number of aromatic hydroxyl groups is 1. The second-order valence-corrected chi connectivity index (χ2v) is 6.08. The molecule has 1 aromatic rings. The number of phenols is 1. The molecule has 0 unspecified atom stereocenters. The average molecular weight is 320 g/mol. The summed E-state index contributed by atoms with van der Waals surface area (Å²) < 4.78 is 0. The van der Waals surface area contributed by atoms with Gasteiger partial charge in [0.2, 0.25) is 0 Å². The van der Waals surface area contributed by atoms with Gasteiger partial charge < -0.3 is 15.7 Å². The molecule has 0 spiro atoms. The van der Waals surface area contributed by atoms with Crippen LogP contribution in [0.1, 0.15) is 71.1 Å². The van der Waals surface area contributed by atoms with E-state index in [1.54, 1.807) is 24.3 Å². The van der Waals surface area contributed by atoms with E-state index in [1.807, 2.05) is 0 Å². The first-order valence-corrected chi connectivity index (χ1v) is 9.07. The Morgan fingerprint density at radius 1 is 0.913 bits per heavy atom. The number of phenolic OH excluding ortho intramolecular Hbond substituents is 1. The van der Waals surface area contributed by atoms with Crippen LogP contribution in [0.2, 0.25) is 0 Å². The van der Waals surface area contributed by atoms with Gasteiger partial charge in [-0.2, -0.15) is 0 Å². The van der Waals surface area contributed by atoms with Crippen LogP contribution in [0.15, 0.2) is 24.3 Å². The summed E-state index contributed by atoms with van der Waals surface area (Å²) in [5.74, 6) is 0.0848. The number of benzene rings is 1. The van der Waals surface area contributed by atoms with Crippen molar-refractivity contribution in [3.8, 4) is 5.75 Å². The van der Waals surface area contributed by atoms with Gasteiger partial charge in [-0.25, -0.2) is 4.79 Å². The molecule has 1 aromatic carbocycles. The first kappa shape index (κ1) is 19.3. The highest BCUT2D eigenvalue weighted by atomic mass is 16.3. The van der Waals surface area contributed by atoms with Crippen LogP contribution in [0.4, 0.5) is 10.5 Å². The molecule has 0 radical (unpaired) electrons. The Bertz CT molecular complexity index is 435. The standard InChI is InChI=1S/C19H32N2O2/c1-2-3-4-5-6-7-8-9-10-13-16-20-19(23)21-17-14-11-12-15-18(17)22/h11-12,14-15,22H,2-10,13,16H2,1H3,(H2,20,21,23). The molecule has 2 amide bonds. The van der Waals surface area contributed by atoms with Crippen LogP contribution in [0, 0.1) is 0 Å². The Hall–Kier alpha value is -1.71.